The number of likely N-dealkylation sites (tertiary alicyclic amines) is 1. The largest absolute Gasteiger partial charge is 0.351 e. The monoisotopic (exact) mass is 434 g/mol. The highest BCUT2D eigenvalue weighted by molar-refractivity contribution is 14.1. The number of fused-ring (bicyclic) bond motifs is 5. The van der Waals surface area contributed by atoms with E-state index in [4.69, 9.17) is 0 Å². The molecule has 0 radical (unpaired) electrons. The van der Waals surface area contributed by atoms with Gasteiger partial charge in [0.2, 0.25) is 5.91 Å². The second-order valence-electron chi connectivity index (χ2n) is 7.06. The molecule has 3 aliphatic rings. The van der Waals surface area contributed by atoms with Gasteiger partial charge >= 0.3 is 0 Å². The summed E-state index contributed by atoms with van der Waals surface area (Å²) in [7, 11) is 0. The number of amides is 1. The summed E-state index contributed by atoms with van der Waals surface area (Å²) in [5.74, 6) is 0.207. The number of nitriles is 1. The molecule has 124 valence electrons. The van der Waals surface area contributed by atoms with E-state index in [-0.39, 0.29) is 30.0 Å². The van der Waals surface area contributed by atoms with Gasteiger partial charge in [-0.3, -0.25) is 9.79 Å². The molecule has 2 bridgehead atoms. The maximum atomic E-state index is 12.9. The summed E-state index contributed by atoms with van der Waals surface area (Å²) in [6.07, 6.45) is 2.98. The Morgan fingerprint density at radius 1 is 1.38 bits per heavy atom. The van der Waals surface area contributed by atoms with Crippen LogP contribution in [0.2, 0.25) is 0 Å². The van der Waals surface area contributed by atoms with Gasteiger partial charge in [0.15, 0.2) is 0 Å². The minimum absolute atomic E-state index is 0.0138. The standard InChI is InChI=1S/C18H19IN4O/c1-10(2)18(24)23-14-6-15(22-9-21-8-16(14)22)17(23)11-3-4-12(7-20)13(19)5-11/h3-5,9-10,14-17H,6,8H2,1-2H3. The fraction of sp³-hybridized carbons (Fsp3) is 0.500. The maximum Gasteiger partial charge on any atom is 0.226 e. The molecule has 1 aromatic carbocycles. The third kappa shape index (κ3) is 2.17. The third-order valence-corrected chi connectivity index (χ3v) is 6.32. The van der Waals surface area contributed by atoms with Gasteiger partial charge in [-0.25, -0.2) is 0 Å². The summed E-state index contributed by atoms with van der Waals surface area (Å²) in [5.41, 5.74) is 1.81. The Bertz CT molecular complexity index is 769. The van der Waals surface area contributed by atoms with Crippen molar-refractivity contribution in [2.75, 3.05) is 6.54 Å². The van der Waals surface area contributed by atoms with Crippen LogP contribution in [0.1, 0.15) is 37.4 Å². The summed E-state index contributed by atoms with van der Waals surface area (Å²) >= 11 is 2.21. The van der Waals surface area contributed by atoms with E-state index in [1.54, 1.807) is 0 Å². The van der Waals surface area contributed by atoms with Gasteiger partial charge in [0.25, 0.3) is 0 Å². The van der Waals surface area contributed by atoms with Crippen molar-refractivity contribution in [3.63, 3.8) is 0 Å². The maximum absolute atomic E-state index is 12.9. The molecule has 1 aromatic rings. The Kier molecular flexibility index (Phi) is 3.79. The van der Waals surface area contributed by atoms with Crippen LogP contribution in [0.5, 0.6) is 0 Å². The molecule has 4 unspecified atom stereocenters. The molecule has 0 spiro atoms. The Morgan fingerprint density at radius 2 is 2.17 bits per heavy atom. The number of aliphatic imine (C=N–C) groups is 1. The highest BCUT2D eigenvalue weighted by Crippen LogP contribution is 2.49. The van der Waals surface area contributed by atoms with Gasteiger partial charge in [-0.05, 0) is 46.7 Å². The molecule has 2 saturated heterocycles. The minimum Gasteiger partial charge on any atom is -0.351 e. The minimum atomic E-state index is -0.0138. The smallest absolute Gasteiger partial charge is 0.226 e. The molecule has 0 aromatic heterocycles. The van der Waals surface area contributed by atoms with Crippen LogP contribution in [-0.2, 0) is 4.79 Å². The second-order valence-corrected chi connectivity index (χ2v) is 8.22. The molecule has 0 saturated carbocycles. The first-order chi connectivity index (χ1) is 11.5. The van der Waals surface area contributed by atoms with Gasteiger partial charge in [-0.1, -0.05) is 19.9 Å². The number of hydrogen-bond acceptors (Lipinski definition) is 4. The van der Waals surface area contributed by atoms with Crippen LogP contribution in [-0.4, -0.2) is 46.7 Å². The molecule has 3 heterocycles. The summed E-state index contributed by atoms with van der Waals surface area (Å²) < 4.78 is 0.943. The van der Waals surface area contributed by atoms with E-state index in [0.717, 1.165) is 22.1 Å². The number of rotatable bonds is 2. The van der Waals surface area contributed by atoms with E-state index >= 15 is 0 Å². The van der Waals surface area contributed by atoms with Crippen molar-refractivity contribution in [2.45, 2.75) is 44.4 Å². The molecule has 6 heteroatoms. The number of nitrogens with zero attached hydrogens (tertiary/aromatic N) is 4. The van der Waals surface area contributed by atoms with Gasteiger partial charge in [-0.2, -0.15) is 5.26 Å². The zero-order valence-corrected chi connectivity index (χ0v) is 15.8. The first-order valence-corrected chi connectivity index (χ1v) is 9.40. The zero-order chi connectivity index (χ0) is 17.0. The molecule has 1 amide bonds. The van der Waals surface area contributed by atoms with Crippen LogP contribution >= 0.6 is 22.6 Å². The molecule has 4 atom stereocenters. The topological polar surface area (TPSA) is 59.7 Å². The van der Waals surface area contributed by atoms with Crippen molar-refractivity contribution in [2.24, 2.45) is 10.9 Å². The van der Waals surface area contributed by atoms with E-state index in [1.165, 1.54) is 0 Å². The van der Waals surface area contributed by atoms with Crippen molar-refractivity contribution in [3.8, 4) is 6.07 Å². The van der Waals surface area contributed by atoms with Crippen LogP contribution < -0.4 is 0 Å². The summed E-state index contributed by atoms with van der Waals surface area (Å²) in [4.78, 5) is 21.8. The van der Waals surface area contributed by atoms with Crippen LogP contribution in [0.4, 0.5) is 0 Å². The van der Waals surface area contributed by atoms with Crippen molar-refractivity contribution in [3.05, 3.63) is 32.9 Å². The van der Waals surface area contributed by atoms with E-state index in [9.17, 15) is 10.1 Å². The molecule has 0 aliphatic carbocycles. The van der Waals surface area contributed by atoms with Crippen LogP contribution in [0.15, 0.2) is 23.2 Å². The van der Waals surface area contributed by atoms with Crippen LogP contribution in [0, 0.1) is 20.8 Å². The van der Waals surface area contributed by atoms with Crippen molar-refractivity contribution in [1.82, 2.24) is 9.80 Å². The van der Waals surface area contributed by atoms with Gasteiger partial charge in [0.05, 0.1) is 42.6 Å². The van der Waals surface area contributed by atoms with Gasteiger partial charge in [0, 0.05) is 9.49 Å². The van der Waals surface area contributed by atoms with Crippen molar-refractivity contribution in [1.29, 1.82) is 5.26 Å². The van der Waals surface area contributed by atoms with E-state index in [1.807, 2.05) is 32.3 Å². The quantitative estimate of drug-likeness (QED) is 0.673. The predicted molar refractivity (Wildman–Crippen MR) is 99.5 cm³/mol. The Labute approximate surface area is 155 Å². The lowest BCUT2D eigenvalue weighted by molar-refractivity contribution is -0.140. The summed E-state index contributed by atoms with van der Waals surface area (Å²) in [6, 6.07) is 9.08. The second kappa shape index (κ2) is 5.73. The number of hydrogen-bond donors (Lipinski definition) is 0. The van der Waals surface area contributed by atoms with Gasteiger partial charge < -0.3 is 9.80 Å². The van der Waals surface area contributed by atoms with Crippen LogP contribution in [0.3, 0.4) is 0 Å². The first-order valence-electron chi connectivity index (χ1n) is 8.32. The Morgan fingerprint density at radius 3 is 2.83 bits per heavy atom. The fourth-order valence-corrected chi connectivity index (χ4v) is 5.04. The number of benzene rings is 1. The van der Waals surface area contributed by atoms with Crippen molar-refractivity contribution >= 4 is 34.8 Å². The fourth-order valence-electron chi connectivity index (χ4n) is 4.38. The summed E-state index contributed by atoms with van der Waals surface area (Å²) in [6.45, 7) is 4.73. The average Bonchev–Trinajstić information content (AvgIpc) is 3.24. The predicted octanol–water partition coefficient (Wildman–Crippen LogP) is 2.56. The molecule has 0 N–H and O–H groups in total. The lowest BCUT2D eigenvalue weighted by Crippen LogP contribution is -2.55. The number of piperazine rings is 1. The molecular formula is C18H19IN4O. The van der Waals surface area contributed by atoms with E-state index in [0.29, 0.717) is 11.6 Å². The van der Waals surface area contributed by atoms with E-state index < -0.39 is 0 Å². The molecule has 5 nitrogen and oxygen atoms in total. The Balaban J connectivity index is 1.76. The number of carbonyl (C=O) groups excluding carboxylic acids is 1. The lowest BCUT2D eigenvalue weighted by atomic mass is 9.96. The zero-order valence-electron chi connectivity index (χ0n) is 13.7. The Hall–Kier alpha value is -1.62. The lowest BCUT2D eigenvalue weighted by Gasteiger charge is -2.44. The molecular weight excluding hydrogens is 415 g/mol. The third-order valence-electron chi connectivity index (χ3n) is 5.43. The number of halogens is 1. The van der Waals surface area contributed by atoms with Crippen LogP contribution in [0.25, 0.3) is 0 Å². The normalized spacial score (nSPS) is 30.1. The number of carbonyl (C=O) groups is 1. The average molecular weight is 434 g/mol. The molecule has 4 rings (SSSR count). The highest BCUT2D eigenvalue weighted by Gasteiger charge is 2.58. The van der Waals surface area contributed by atoms with E-state index in [2.05, 4.69) is 49.5 Å². The summed E-state index contributed by atoms with van der Waals surface area (Å²) in [5, 5.41) is 9.17. The molecule has 2 fully saturated rings. The highest BCUT2D eigenvalue weighted by atomic mass is 127. The van der Waals surface area contributed by atoms with Crippen molar-refractivity contribution < 1.29 is 4.79 Å². The molecule has 24 heavy (non-hydrogen) atoms. The van der Waals surface area contributed by atoms with Gasteiger partial charge in [0.1, 0.15) is 6.07 Å². The first kappa shape index (κ1) is 15.9. The van der Waals surface area contributed by atoms with Gasteiger partial charge in [-0.15, -0.1) is 0 Å². The molecule has 3 aliphatic heterocycles. The SMILES string of the molecule is CC(C)C(=O)N1C2CC(C1c1ccc(C#N)c(I)c1)N1C=NCC21.